The van der Waals surface area contributed by atoms with Crippen LogP contribution >= 0.6 is 11.3 Å². The molecule has 0 radical (unpaired) electrons. The van der Waals surface area contributed by atoms with Crippen molar-refractivity contribution in [2.24, 2.45) is 5.92 Å². The van der Waals surface area contributed by atoms with E-state index in [-0.39, 0.29) is 12.6 Å². The van der Waals surface area contributed by atoms with Crippen LogP contribution in [0.5, 0.6) is 0 Å². The van der Waals surface area contributed by atoms with Gasteiger partial charge < -0.3 is 30.4 Å². The van der Waals surface area contributed by atoms with Gasteiger partial charge in [0.1, 0.15) is 33.7 Å². The standard InChI is InChI=1S/C26H27N7O4S/c1-12(19-9-15-18(37-19)4-3-6-28-15)29-26-30-13(2)21(25-32-17-10-27-7-5-20(17)38-25)24(33-26)31-16-8-14(11-34)22(35)23(16)36/h3-7,9-10,12,14,16,22-23,34-36H,8,11H2,1-2H3,(H2,29,30,31,33)/t12?,14-,16-,22-,23+/m1/s1. The quantitative estimate of drug-likeness (QED) is 0.209. The average Bonchev–Trinajstić information content (AvgIpc) is 3.60. The SMILES string of the molecule is Cc1nc(NC(C)c2cc3ncccc3o2)nc(N[C@@H]2C[C@H](CO)[C@@H](O)[C@H]2O)c1-c1nc2cnccc2s1. The van der Waals surface area contributed by atoms with Gasteiger partial charge in [0.25, 0.3) is 0 Å². The Hall–Kier alpha value is -3.71. The summed E-state index contributed by atoms with van der Waals surface area (Å²) >= 11 is 1.50. The van der Waals surface area contributed by atoms with E-state index in [1.54, 1.807) is 18.6 Å². The Balaban J connectivity index is 1.37. The second-order valence-electron chi connectivity index (χ2n) is 9.53. The van der Waals surface area contributed by atoms with Crippen LogP contribution in [0.1, 0.15) is 30.8 Å². The van der Waals surface area contributed by atoms with Gasteiger partial charge in [-0.2, -0.15) is 4.98 Å². The number of anilines is 2. The Labute approximate surface area is 221 Å². The summed E-state index contributed by atoms with van der Waals surface area (Å²) in [6.45, 7) is 3.61. The minimum Gasteiger partial charge on any atom is -0.457 e. The molecule has 6 rings (SSSR count). The monoisotopic (exact) mass is 533 g/mol. The lowest BCUT2D eigenvalue weighted by molar-refractivity contribution is 0.00446. The van der Waals surface area contributed by atoms with Crippen molar-refractivity contribution in [3.63, 3.8) is 0 Å². The van der Waals surface area contributed by atoms with Crippen LogP contribution < -0.4 is 10.6 Å². The highest BCUT2D eigenvalue weighted by atomic mass is 32.1. The lowest BCUT2D eigenvalue weighted by atomic mass is 10.1. The van der Waals surface area contributed by atoms with E-state index in [1.165, 1.54) is 11.3 Å². The van der Waals surface area contributed by atoms with Gasteiger partial charge in [0, 0.05) is 31.0 Å². The summed E-state index contributed by atoms with van der Waals surface area (Å²) in [5.74, 6) is 1.10. The van der Waals surface area contributed by atoms with Crippen LogP contribution in [-0.2, 0) is 0 Å². The number of pyridine rings is 2. The molecule has 1 fully saturated rings. The molecule has 1 saturated carbocycles. The highest BCUT2D eigenvalue weighted by Gasteiger charge is 2.41. The van der Waals surface area contributed by atoms with E-state index in [0.717, 1.165) is 15.7 Å². The second kappa shape index (κ2) is 9.87. The summed E-state index contributed by atoms with van der Waals surface area (Å²) in [4.78, 5) is 22.7. The molecule has 38 heavy (non-hydrogen) atoms. The molecule has 1 aliphatic rings. The first-order valence-corrected chi connectivity index (χ1v) is 13.2. The minimum atomic E-state index is -1.06. The number of hydrogen-bond donors (Lipinski definition) is 5. The lowest BCUT2D eigenvalue weighted by Gasteiger charge is -2.22. The number of aliphatic hydroxyl groups excluding tert-OH is 3. The number of nitrogens with zero attached hydrogens (tertiary/aromatic N) is 5. The molecule has 196 valence electrons. The van der Waals surface area contributed by atoms with Crippen molar-refractivity contribution in [3.8, 4) is 10.6 Å². The number of rotatable bonds is 7. The molecule has 5 atom stereocenters. The molecule has 5 aromatic rings. The predicted octanol–water partition coefficient (Wildman–Crippen LogP) is 3.29. The number of aryl methyl sites for hydroxylation is 1. The van der Waals surface area contributed by atoms with Gasteiger partial charge in [0.15, 0.2) is 5.58 Å². The smallest absolute Gasteiger partial charge is 0.225 e. The largest absolute Gasteiger partial charge is 0.457 e. The maximum Gasteiger partial charge on any atom is 0.225 e. The predicted molar refractivity (Wildman–Crippen MR) is 144 cm³/mol. The molecule has 0 bridgehead atoms. The van der Waals surface area contributed by atoms with Gasteiger partial charge in [-0.3, -0.25) is 9.97 Å². The Morgan fingerprint density at radius 1 is 1.13 bits per heavy atom. The van der Waals surface area contributed by atoms with Crippen molar-refractivity contribution in [3.05, 3.63) is 54.3 Å². The third kappa shape index (κ3) is 4.45. The lowest BCUT2D eigenvalue weighted by Crippen LogP contribution is -2.35. The minimum absolute atomic E-state index is 0.215. The van der Waals surface area contributed by atoms with Crippen molar-refractivity contribution in [1.29, 1.82) is 0 Å². The number of fused-ring (bicyclic) bond motifs is 2. The van der Waals surface area contributed by atoms with Gasteiger partial charge in [-0.1, -0.05) is 0 Å². The Bertz CT molecular complexity index is 1540. The zero-order valence-electron chi connectivity index (χ0n) is 20.7. The first-order valence-electron chi connectivity index (χ1n) is 12.4. The summed E-state index contributed by atoms with van der Waals surface area (Å²) in [7, 11) is 0. The topological polar surface area (TPSA) is 162 Å². The van der Waals surface area contributed by atoms with Crippen molar-refractivity contribution in [2.45, 2.75) is 44.6 Å². The molecule has 5 heterocycles. The molecular weight excluding hydrogens is 506 g/mol. The zero-order chi connectivity index (χ0) is 26.4. The van der Waals surface area contributed by atoms with E-state index in [2.05, 4.69) is 20.6 Å². The number of hydrogen-bond acceptors (Lipinski definition) is 12. The van der Waals surface area contributed by atoms with Crippen LogP contribution in [0.4, 0.5) is 11.8 Å². The molecule has 1 aliphatic carbocycles. The summed E-state index contributed by atoms with van der Waals surface area (Å²) in [6.07, 6.45) is 3.44. The first-order chi connectivity index (χ1) is 18.4. The van der Waals surface area contributed by atoms with Gasteiger partial charge in [-0.05, 0) is 38.5 Å². The second-order valence-corrected chi connectivity index (χ2v) is 10.6. The molecule has 12 heteroatoms. The van der Waals surface area contributed by atoms with Gasteiger partial charge in [0.2, 0.25) is 5.95 Å². The molecule has 0 spiro atoms. The zero-order valence-corrected chi connectivity index (χ0v) is 21.6. The maximum absolute atomic E-state index is 10.7. The molecule has 0 amide bonds. The summed E-state index contributed by atoms with van der Waals surface area (Å²) in [5.41, 5.74) is 3.62. The van der Waals surface area contributed by atoms with Crippen LogP contribution in [0.15, 0.2) is 47.3 Å². The van der Waals surface area contributed by atoms with Crippen LogP contribution in [-0.4, -0.2) is 65.1 Å². The average molecular weight is 534 g/mol. The van der Waals surface area contributed by atoms with E-state index in [9.17, 15) is 15.3 Å². The van der Waals surface area contributed by atoms with Gasteiger partial charge >= 0.3 is 0 Å². The van der Waals surface area contributed by atoms with Crippen LogP contribution in [0.25, 0.3) is 31.9 Å². The van der Waals surface area contributed by atoms with Crippen LogP contribution in [0, 0.1) is 12.8 Å². The highest BCUT2D eigenvalue weighted by molar-refractivity contribution is 7.21. The Morgan fingerprint density at radius 2 is 2.00 bits per heavy atom. The number of thiazole rings is 1. The summed E-state index contributed by atoms with van der Waals surface area (Å²) < 4.78 is 6.93. The van der Waals surface area contributed by atoms with Crippen molar-refractivity contribution >= 4 is 44.4 Å². The molecular formula is C26H27N7O4S. The van der Waals surface area contributed by atoms with Crippen molar-refractivity contribution in [1.82, 2.24) is 24.9 Å². The van der Waals surface area contributed by atoms with E-state index in [4.69, 9.17) is 19.4 Å². The number of aliphatic hydroxyl groups is 3. The van der Waals surface area contributed by atoms with E-state index < -0.39 is 24.2 Å². The normalized spacial score (nSPS) is 22.2. The summed E-state index contributed by atoms with van der Waals surface area (Å²) in [5, 5.41) is 38.0. The van der Waals surface area contributed by atoms with E-state index in [0.29, 0.717) is 45.8 Å². The van der Waals surface area contributed by atoms with E-state index >= 15 is 0 Å². The fourth-order valence-electron chi connectivity index (χ4n) is 4.88. The van der Waals surface area contributed by atoms with Gasteiger partial charge in [-0.25, -0.2) is 9.97 Å². The molecule has 0 aliphatic heterocycles. The highest BCUT2D eigenvalue weighted by Crippen LogP contribution is 2.38. The van der Waals surface area contributed by atoms with E-state index in [1.807, 2.05) is 38.1 Å². The van der Waals surface area contributed by atoms with Crippen molar-refractivity contribution in [2.75, 3.05) is 17.2 Å². The molecule has 5 aromatic heterocycles. The third-order valence-corrected chi connectivity index (χ3v) is 7.98. The van der Waals surface area contributed by atoms with Crippen LogP contribution in [0.3, 0.4) is 0 Å². The Morgan fingerprint density at radius 3 is 2.76 bits per heavy atom. The van der Waals surface area contributed by atoms with Gasteiger partial charge in [0.05, 0.1) is 40.3 Å². The molecule has 5 N–H and O–H groups in total. The molecule has 0 aromatic carbocycles. The van der Waals surface area contributed by atoms with Crippen LogP contribution in [0.2, 0.25) is 0 Å². The van der Waals surface area contributed by atoms with Gasteiger partial charge in [-0.15, -0.1) is 11.3 Å². The molecule has 0 saturated heterocycles. The fraction of sp³-hybridized carbons (Fsp3) is 0.346. The summed E-state index contributed by atoms with van der Waals surface area (Å²) in [6, 6.07) is 6.71. The number of nitrogens with one attached hydrogen (secondary N) is 2. The van der Waals surface area contributed by atoms with Crippen molar-refractivity contribution < 1.29 is 19.7 Å². The molecule has 1 unspecified atom stereocenters. The number of aromatic nitrogens is 5. The fourth-order valence-corrected chi connectivity index (χ4v) is 5.91. The Kier molecular flexibility index (Phi) is 6.40. The maximum atomic E-state index is 10.7. The first kappa shape index (κ1) is 24.6. The number of furan rings is 1. The third-order valence-electron chi connectivity index (χ3n) is 6.93. The molecule has 11 nitrogen and oxygen atoms in total.